The Hall–Kier alpha value is -2.30. The fourth-order valence-electron chi connectivity index (χ4n) is 1.30. The molecule has 0 aliphatic heterocycles. The molecule has 0 fully saturated rings. The number of carboxylic acids is 1. The average Bonchev–Trinajstić information content (AvgIpc) is 2.30. The summed E-state index contributed by atoms with van der Waals surface area (Å²) in [5.41, 5.74) is 0.555. The van der Waals surface area contributed by atoms with Gasteiger partial charge in [0, 0.05) is 18.0 Å². The lowest BCUT2D eigenvalue weighted by molar-refractivity contribution is 0.0689. The number of pyridine rings is 2. The van der Waals surface area contributed by atoms with Gasteiger partial charge in [-0.3, -0.25) is 4.98 Å². The predicted molar refractivity (Wildman–Crippen MR) is 54.4 cm³/mol. The van der Waals surface area contributed by atoms with Crippen LogP contribution < -0.4 is 0 Å². The maximum atomic E-state index is 13.5. The van der Waals surface area contributed by atoms with Crippen LogP contribution in [0.1, 0.15) is 10.5 Å². The first-order valence-corrected chi connectivity index (χ1v) is 4.49. The van der Waals surface area contributed by atoms with Gasteiger partial charge < -0.3 is 5.11 Å². The van der Waals surface area contributed by atoms with Gasteiger partial charge in [-0.2, -0.15) is 4.39 Å². The summed E-state index contributed by atoms with van der Waals surface area (Å²) in [7, 11) is 0. The third-order valence-corrected chi connectivity index (χ3v) is 2.06. The maximum Gasteiger partial charge on any atom is 0.354 e. The summed E-state index contributed by atoms with van der Waals surface area (Å²) in [5.74, 6) is -2.05. The van der Waals surface area contributed by atoms with E-state index in [1.54, 1.807) is 12.1 Å². The smallest absolute Gasteiger partial charge is 0.354 e. The number of rotatable bonds is 2. The monoisotopic (exact) mass is 218 g/mol. The Bertz CT molecular complexity index is 529. The van der Waals surface area contributed by atoms with Crippen LogP contribution in [-0.4, -0.2) is 21.0 Å². The van der Waals surface area contributed by atoms with Crippen molar-refractivity contribution in [3.05, 3.63) is 48.3 Å². The lowest BCUT2D eigenvalue weighted by Crippen LogP contribution is -2.02. The van der Waals surface area contributed by atoms with E-state index in [1.165, 1.54) is 24.5 Å². The minimum atomic E-state index is -1.25. The summed E-state index contributed by atoms with van der Waals surface area (Å²) in [5, 5.41) is 8.63. The van der Waals surface area contributed by atoms with Crippen LogP contribution in [0, 0.1) is 5.95 Å². The van der Waals surface area contributed by atoms with Crippen molar-refractivity contribution in [2.24, 2.45) is 0 Å². The molecule has 16 heavy (non-hydrogen) atoms. The molecule has 0 aromatic carbocycles. The van der Waals surface area contributed by atoms with Crippen molar-refractivity contribution >= 4 is 5.97 Å². The molecule has 0 atom stereocenters. The Morgan fingerprint density at radius 1 is 1.19 bits per heavy atom. The first kappa shape index (κ1) is 10.2. The summed E-state index contributed by atoms with van der Waals surface area (Å²) in [6, 6.07) is 5.91. The van der Waals surface area contributed by atoms with Crippen LogP contribution in [-0.2, 0) is 0 Å². The maximum absolute atomic E-state index is 13.5. The fourth-order valence-corrected chi connectivity index (χ4v) is 1.30. The van der Waals surface area contributed by atoms with Crippen LogP contribution in [0.2, 0.25) is 0 Å². The van der Waals surface area contributed by atoms with Crippen molar-refractivity contribution in [1.29, 1.82) is 0 Å². The van der Waals surface area contributed by atoms with Gasteiger partial charge in [0.2, 0.25) is 5.95 Å². The number of hydrogen-bond donors (Lipinski definition) is 1. The molecular formula is C11H7FN2O2. The fraction of sp³-hybridized carbons (Fsp3) is 0. The molecule has 4 nitrogen and oxygen atoms in total. The number of nitrogens with zero attached hydrogens (tertiary/aromatic N) is 2. The van der Waals surface area contributed by atoms with Crippen LogP contribution >= 0.6 is 0 Å². The minimum absolute atomic E-state index is 0.257. The van der Waals surface area contributed by atoms with Crippen molar-refractivity contribution in [2.75, 3.05) is 0 Å². The highest BCUT2D eigenvalue weighted by molar-refractivity contribution is 5.85. The average molecular weight is 218 g/mol. The van der Waals surface area contributed by atoms with E-state index in [9.17, 15) is 9.18 Å². The Kier molecular flexibility index (Phi) is 2.59. The molecule has 0 bridgehead atoms. The molecule has 0 aliphatic rings. The molecule has 2 aromatic heterocycles. The zero-order valence-corrected chi connectivity index (χ0v) is 8.09. The Morgan fingerprint density at radius 2 is 1.88 bits per heavy atom. The number of carboxylic acid groups (broad SMARTS) is 1. The van der Waals surface area contributed by atoms with Crippen LogP contribution in [0.5, 0.6) is 0 Å². The van der Waals surface area contributed by atoms with Crippen LogP contribution in [0.3, 0.4) is 0 Å². The molecular weight excluding hydrogens is 211 g/mol. The highest BCUT2D eigenvalue weighted by atomic mass is 19.1. The summed E-state index contributed by atoms with van der Waals surface area (Å²) in [6.07, 6.45) is 3.06. The molecule has 2 aromatic rings. The largest absolute Gasteiger partial charge is 0.477 e. The Labute approximate surface area is 90.4 Å². The van der Waals surface area contributed by atoms with E-state index in [4.69, 9.17) is 5.11 Å². The Balaban J connectivity index is 2.48. The normalized spacial score (nSPS) is 10.1. The molecule has 1 N–H and O–H groups in total. The van der Waals surface area contributed by atoms with Crippen molar-refractivity contribution in [3.63, 3.8) is 0 Å². The zero-order valence-electron chi connectivity index (χ0n) is 8.09. The minimum Gasteiger partial charge on any atom is -0.477 e. The molecule has 0 saturated carbocycles. The Morgan fingerprint density at radius 3 is 2.44 bits per heavy atom. The predicted octanol–water partition coefficient (Wildman–Crippen LogP) is 1.98. The van der Waals surface area contributed by atoms with Crippen molar-refractivity contribution in [2.45, 2.75) is 0 Å². The molecule has 2 heterocycles. The SMILES string of the molecule is O=C(O)c1ccc(-c2ccncc2)c(F)n1. The van der Waals surface area contributed by atoms with Gasteiger partial charge in [0.05, 0.1) is 0 Å². The molecule has 0 saturated heterocycles. The molecule has 2 rings (SSSR count). The van der Waals surface area contributed by atoms with Gasteiger partial charge in [0.1, 0.15) is 0 Å². The van der Waals surface area contributed by atoms with Gasteiger partial charge in [0.15, 0.2) is 5.69 Å². The van der Waals surface area contributed by atoms with Gasteiger partial charge in [-0.05, 0) is 29.8 Å². The number of aromatic nitrogens is 2. The lowest BCUT2D eigenvalue weighted by Gasteiger charge is -2.02. The van der Waals surface area contributed by atoms with E-state index < -0.39 is 11.9 Å². The van der Waals surface area contributed by atoms with Crippen LogP contribution in [0.4, 0.5) is 4.39 Å². The van der Waals surface area contributed by atoms with Crippen molar-refractivity contribution in [3.8, 4) is 11.1 Å². The van der Waals surface area contributed by atoms with Gasteiger partial charge in [-0.15, -0.1) is 0 Å². The molecule has 0 amide bonds. The number of aromatic carboxylic acids is 1. The molecule has 0 spiro atoms. The summed E-state index contributed by atoms with van der Waals surface area (Å²) < 4.78 is 13.5. The van der Waals surface area contributed by atoms with E-state index in [0.717, 1.165) is 0 Å². The van der Waals surface area contributed by atoms with Gasteiger partial charge in [-0.1, -0.05) is 0 Å². The van der Waals surface area contributed by atoms with Crippen molar-refractivity contribution in [1.82, 2.24) is 9.97 Å². The van der Waals surface area contributed by atoms with Gasteiger partial charge in [-0.25, -0.2) is 9.78 Å². The number of hydrogen-bond acceptors (Lipinski definition) is 3. The third-order valence-electron chi connectivity index (χ3n) is 2.06. The lowest BCUT2D eigenvalue weighted by atomic mass is 10.1. The van der Waals surface area contributed by atoms with E-state index in [0.29, 0.717) is 5.56 Å². The van der Waals surface area contributed by atoms with Crippen LogP contribution in [0.15, 0.2) is 36.7 Å². The highest BCUT2D eigenvalue weighted by Gasteiger charge is 2.10. The molecule has 80 valence electrons. The second-order valence-corrected chi connectivity index (χ2v) is 3.08. The molecule has 0 aliphatic carbocycles. The number of carbonyl (C=O) groups is 1. The first-order chi connectivity index (χ1) is 7.68. The quantitative estimate of drug-likeness (QED) is 0.783. The van der Waals surface area contributed by atoms with Gasteiger partial charge in [0.25, 0.3) is 0 Å². The second kappa shape index (κ2) is 4.06. The first-order valence-electron chi connectivity index (χ1n) is 4.49. The molecule has 5 heteroatoms. The van der Waals surface area contributed by atoms with E-state index >= 15 is 0 Å². The van der Waals surface area contributed by atoms with Crippen molar-refractivity contribution < 1.29 is 14.3 Å². The topological polar surface area (TPSA) is 63.1 Å². The third kappa shape index (κ3) is 1.88. The van der Waals surface area contributed by atoms with Crippen LogP contribution in [0.25, 0.3) is 11.1 Å². The summed E-state index contributed by atoms with van der Waals surface area (Å²) in [4.78, 5) is 17.7. The highest BCUT2D eigenvalue weighted by Crippen LogP contribution is 2.20. The summed E-state index contributed by atoms with van der Waals surface area (Å²) >= 11 is 0. The van der Waals surface area contributed by atoms with E-state index in [1.807, 2.05) is 0 Å². The van der Waals surface area contributed by atoms with Gasteiger partial charge >= 0.3 is 5.97 Å². The number of halogens is 1. The molecule has 0 unspecified atom stereocenters. The zero-order chi connectivity index (χ0) is 11.5. The van der Waals surface area contributed by atoms with E-state index in [-0.39, 0.29) is 11.3 Å². The van der Waals surface area contributed by atoms with E-state index in [2.05, 4.69) is 9.97 Å². The standard InChI is InChI=1S/C11H7FN2O2/c12-10-8(7-3-5-13-6-4-7)1-2-9(14-10)11(15)16/h1-6H,(H,15,16). The molecule has 0 radical (unpaired) electrons. The summed E-state index contributed by atoms with van der Waals surface area (Å²) in [6.45, 7) is 0. The second-order valence-electron chi connectivity index (χ2n) is 3.08.